The van der Waals surface area contributed by atoms with E-state index in [1.54, 1.807) is 39.1 Å². The van der Waals surface area contributed by atoms with E-state index in [1.165, 1.54) is 18.0 Å². The van der Waals surface area contributed by atoms with Crippen molar-refractivity contribution in [3.8, 4) is 0 Å². The molecule has 3 rings (SSSR count). The van der Waals surface area contributed by atoms with Gasteiger partial charge in [0.1, 0.15) is 16.3 Å². The van der Waals surface area contributed by atoms with Gasteiger partial charge in [-0.05, 0) is 47.5 Å². The van der Waals surface area contributed by atoms with Crippen LogP contribution in [-0.4, -0.2) is 91.5 Å². The summed E-state index contributed by atoms with van der Waals surface area (Å²) in [6, 6.07) is -1.42. The number of hydrogen-bond acceptors (Lipinski definition) is 8. The maximum Gasteiger partial charge on any atom is 0.315 e. The van der Waals surface area contributed by atoms with Gasteiger partial charge in [0.05, 0.1) is 12.1 Å². The van der Waals surface area contributed by atoms with Crippen LogP contribution in [0, 0.1) is 22.7 Å². The first-order chi connectivity index (χ1) is 21.2. The molecule has 2 heterocycles. The van der Waals surface area contributed by atoms with Crippen LogP contribution in [0.1, 0.15) is 61.3 Å². The van der Waals surface area contributed by atoms with Crippen molar-refractivity contribution in [2.75, 3.05) is 20.1 Å². The van der Waals surface area contributed by atoms with Gasteiger partial charge in [-0.3, -0.25) is 19.2 Å². The second-order valence-corrected chi connectivity index (χ2v) is 17.2. The summed E-state index contributed by atoms with van der Waals surface area (Å²) in [6.45, 7) is 17.0. The highest BCUT2D eigenvalue weighted by Gasteiger charge is 2.69. The van der Waals surface area contributed by atoms with Crippen LogP contribution in [0.15, 0.2) is 33.9 Å². The molecule has 5 amide bonds. The number of sulfonamides is 1. The summed E-state index contributed by atoms with van der Waals surface area (Å²) in [4.78, 5) is 66.8. The monoisotopic (exact) mass is 680 g/mol. The van der Waals surface area contributed by atoms with E-state index < -0.39 is 69.1 Å². The predicted molar refractivity (Wildman–Crippen MR) is 175 cm³/mol. The number of urea groups is 1. The highest BCUT2D eigenvalue weighted by Crippen LogP contribution is 2.65. The van der Waals surface area contributed by atoms with Crippen molar-refractivity contribution in [1.29, 1.82) is 0 Å². The number of carbonyl (C=O) groups excluding carboxylic acids is 5. The average Bonchev–Trinajstić information content (AvgIpc) is 3.41. The van der Waals surface area contributed by atoms with Crippen molar-refractivity contribution in [2.45, 2.75) is 89.7 Å². The topological polar surface area (TPSA) is 188 Å². The van der Waals surface area contributed by atoms with Crippen molar-refractivity contribution >= 4 is 50.9 Å². The average molecular weight is 681 g/mol. The van der Waals surface area contributed by atoms with Crippen molar-refractivity contribution in [3.05, 3.63) is 29.7 Å². The minimum absolute atomic E-state index is 0.0340. The molecule has 1 saturated heterocycles. The molecule has 0 aromatic carbocycles. The van der Waals surface area contributed by atoms with Crippen LogP contribution in [0.2, 0.25) is 0 Å². The number of nitrogens with zero attached hydrogens (tertiary/aromatic N) is 2. The summed E-state index contributed by atoms with van der Waals surface area (Å²) < 4.78 is 27.3. The van der Waals surface area contributed by atoms with Gasteiger partial charge in [-0.2, -0.15) is 4.31 Å². The third-order valence-corrected chi connectivity index (χ3v) is 12.3. The Morgan fingerprint density at radius 2 is 1.78 bits per heavy atom. The quantitative estimate of drug-likeness (QED) is 0.170. The van der Waals surface area contributed by atoms with Gasteiger partial charge in [-0.15, -0.1) is 11.3 Å². The third-order valence-electron chi connectivity index (χ3n) is 9.10. The minimum Gasteiger partial charge on any atom is -0.363 e. The van der Waals surface area contributed by atoms with Crippen LogP contribution in [0.3, 0.4) is 0 Å². The lowest BCUT2D eigenvalue weighted by molar-refractivity contribution is -0.145. The molecule has 13 nitrogen and oxygen atoms in total. The largest absolute Gasteiger partial charge is 0.363 e. The molecule has 46 heavy (non-hydrogen) atoms. The van der Waals surface area contributed by atoms with Crippen LogP contribution >= 0.6 is 11.3 Å². The van der Waals surface area contributed by atoms with Crippen molar-refractivity contribution in [3.63, 3.8) is 0 Å². The molecule has 1 aromatic heterocycles. The molecule has 1 unspecified atom stereocenters. The molecule has 0 bridgehead atoms. The van der Waals surface area contributed by atoms with Gasteiger partial charge in [0.25, 0.3) is 15.9 Å². The molecule has 0 radical (unpaired) electrons. The van der Waals surface area contributed by atoms with Crippen molar-refractivity contribution in [1.82, 2.24) is 25.2 Å². The number of hydrogen-bond donors (Lipinski definition) is 4. The zero-order valence-corrected chi connectivity index (χ0v) is 29.5. The van der Waals surface area contributed by atoms with Gasteiger partial charge in [0, 0.05) is 20.1 Å². The van der Waals surface area contributed by atoms with Crippen molar-refractivity contribution in [2.24, 2.45) is 28.4 Å². The number of piperidine rings is 1. The van der Waals surface area contributed by atoms with E-state index in [9.17, 15) is 32.4 Å². The smallest absolute Gasteiger partial charge is 0.315 e. The zero-order chi connectivity index (χ0) is 34.9. The predicted octanol–water partition coefficient (Wildman–Crippen LogP) is 1.85. The van der Waals surface area contributed by atoms with E-state index in [1.807, 2.05) is 20.8 Å². The minimum atomic E-state index is -3.78. The van der Waals surface area contributed by atoms with Gasteiger partial charge in [-0.25, -0.2) is 13.2 Å². The van der Waals surface area contributed by atoms with Crippen molar-refractivity contribution < 1.29 is 32.4 Å². The number of likely N-dealkylation sites (tertiary alicyclic amines) is 1. The van der Waals surface area contributed by atoms with E-state index in [0.717, 1.165) is 15.6 Å². The van der Waals surface area contributed by atoms with E-state index in [4.69, 9.17) is 5.73 Å². The van der Waals surface area contributed by atoms with Crippen LogP contribution < -0.4 is 21.7 Å². The molecule has 15 heteroatoms. The highest BCUT2D eigenvalue weighted by molar-refractivity contribution is 7.91. The second kappa shape index (κ2) is 13.8. The van der Waals surface area contributed by atoms with Gasteiger partial charge < -0.3 is 26.6 Å². The Balaban J connectivity index is 1.80. The third kappa shape index (κ3) is 7.80. The molecule has 256 valence electrons. The summed E-state index contributed by atoms with van der Waals surface area (Å²) in [6.07, 6.45) is 0.729. The molecule has 1 aliphatic heterocycles. The number of likely N-dealkylation sites (N-methyl/N-ethyl adjacent to an activating group) is 1. The number of Topliss-reactive ketones (excluding diaryl/α,β-unsaturated/α-hetero) is 1. The highest BCUT2D eigenvalue weighted by atomic mass is 32.2. The second-order valence-electron chi connectivity index (χ2n) is 14.0. The van der Waals surface area contributed by atoms with Crippen LogP contribution in [0.5, 0.6) is 0 Å². The summed E-state index contributed by atoms with van der Waals surface area (Å²) in [5, 5.41) is 9.86. The number of amides is 5. The number of thiophene rings is 1. The molecular weight excluding hydrogens is 633 g/mol. The first-order valence-electron chi connectivity index (χ1n) is 15.3. The van der Waals surface area contributed by atoms with Crippen LogP contribution in [-0.2, 0) is 29.2 Å². The fraction of sp³-hybridized carbons (Fsp3) is 0.645. The summed E-state index contributed by atoms with van der Waals surface area (Å²) in [7, 11) is -2.37. The lowest BCUT2D eigenvalue weighted by Crippen LogP contribution is -2.62. The summed E-state index contributed by atoms with van der Waals surface area (Å²) in [5.41, 5.74) is 4.71. The maximum absolute atomic E-state index is 14.2. The molecule has 2 aliphatic rings. The van der Waals surface area contributed by atoms with Gasteiger partial charge in [0.15, 0.2) is 0 Å². The lowest BCUT2D eigenvalue weighted by atomic mass is 9.85. The molecule has 5 N–H and O–H groups in total. The standard InChI is InChI=1S/C31H48N6O7S2/c1-10-12-19(24(38)26(32)39)33-27(40)23-22-18(31(22,7)8)15-37(23)28(41)25(30(4,5)6)35-29(42)34-20(17(2)3)16-36(9)46(43,44)21-13-11-14-45-21/h11,13-14,18-20,22-23,25H,2,10,12,15-16H2,1,3-9H3,(H2,32,39)(H,33,40)(H2,34,35,42)/t18-,19?,20+,22-,23-,25+/m0/s1. The number of nitrogens with one attached hydrogen (secondary N) is 3. The van der Waals surface area contributed by atoms with Gasteiger partial charge >= 0.3 is 6.03 Å². The van der Waals surface area contributed by atoms with E-state index in [0.29, 0.717) is 12.0 Å². The fourth-order valence-corrected chi connectivity index (χ4v) is 8.58. The molecular formula is C31H48N6O7S2. The summed E-state index contributed by atoms with van der Waals surface area (Å²) >= 11 is 1.09. The number of primary amides is 1. The number of fused-ring (bicyclic) bond motifs is 1. The Labute approximate surface area is 275 Å². The Kier molecular flexibility index (Phi) is 11.2. The first-order valence-corrected chi connectivity index (χ1v) is 17.6. The Morgan fingerprint density at radius 3 is 2.28 bits per heavy atom. The Bertz CT molecular complexity index is 1470. The normalized spacial score (nSPS) is 22.3. The number of nitrogens with two attached hydrogens (primary N) is 1. The SMILES string of the molecule is C=C(C)[C@@H](CN(C)S(=O)(=O)c1cccs1)NC(=O)N[C@H](C(=O)N1C[C@H]2[C@@H]([C@H]1C(=O)NC(CCC)C(=O)C(N)=O)C2(C)C)C(C)(C)C. The molecule has 1 aliphatic carbocycles. The van der Waals surface area contributed by atoms with Crippen LogP contribution in [0.25, 0.3) is 0 Å². The Hall–Kier alpha value is -3.30. The van der Waals surface area contributed by atoms with Crippen LogP contribution in [0.4, 0.5) is 4.79 Å². The fourth-order valence-electron chi connectivity index (χ4n) is 6.19. The van der Waals surface area contributed by atoms with E-state index in [2.05, 4.69) is 22.5 Å². The molecule has 2 fully saturated rings. The van der Waals surface area contributed by atoms with Gasteiger partial charge in [0.2, 0.25) is 17.6 Å². The Morgan fingerprint density at radius 1 is 1.15 bits per heavy atom. The zero-order valence-electron chi connectivity index (χ0n) is 27.9. The lowest BCUT2D eigenvalue weighted by Gasteiger charge is -2.38. The number of rotatable bonds is 14. The molecule has 0 spiro atoms. The van der Waals surface area contributed by atoms with Gasteiger partial charge in [-0.1, -0.05) is 66.2 Å². The molecule has 1 aromatic rings. The molecule has 6 atom stereocenters. The number of carbonyl (C=O) groups is 5. The first kappa shape index (κ1) is 37.2. The molecule has 1 saturated carbocycles. The number of ketones is 1. The van der Waals surface area contributed by atoms with E-state index in [-0.39, 0.29) is 41.0 Å². The summed E-state index contributed by atoms with van der Waals surface area (Å²) in [5.74, 6) is -3.20. The maximum atomic E-state index is 14.2. The van der Waals surface area contributed by atoms with E-state index >= 15 is 0 Å².